The summed E-state index contributed by atoms with van der Waals surface area (Å²) >= 11 is 0. The lowest BCUT2D eigenvalue weighted by Gasteiger charge is -2.13. The Morgan fingerprint density at radius 2 is 1.56 bits per heavy atom. The fourth-order valence-corrected chi connectivity index (χ4v) is 3.51. The topological polar surface area (TPSA) is 76.0 Å². The van der Waals surface area contributed by atoms with Gasteiger partial charge in [0, 0.05) is 12.8 Å². The Bertz CT molecular complexity index is 971. The van der Waals surface area contributed by atoms with Crippen molar-refractivity contribution in [2.24, 2.45) is 0 Å². The Balaban J connectivity index is 1.39. The van der Waals surface area contributed by atoms with Crippen LogP contribution in [0.5, 0.6) is 5.75 Å². The van der Waals surface area contributed by atoms with Gasteiger partial charge in [-0.15, -0.1) is 0 Å². The van der Waals surface area contributed by atoms with Gasteiger partial charge in [0.25, 0.3) is 0 Å². The minimum Gasteiger partial charge on any atom is -0.491 e. The first kappa shape index (κ1) is 23.5. The highest BCUT2D eigenvalue weighted by atomic mass is 16.5. The fourth-order valence-electron chi connectivity index (χ4n) is 3.51. The Morgan fingerprint density at radius 1 is 0.812 bits per heavy atom. The second-order valence-corrected chi connectivity index (χ2v) is 7.66. The number of carboxylic acids is 1. The molecule has 0 heterocycles. The van der Waals surface area contributed by atoms with Gasteiger partial charge >= 0.3 is 5.97 Å². The lowest BCUT2D eigenvalue weighted by molar-refractivity contribution is -0.136. The normalized spacial score (nSPS) is 11.8. The molecular weight excluding hydrogens is 404 g/mol. The minimum atomic E-state index is -0.820. The minimum absolute atomic E-state index is 0.0793. The number of carboxylic acid groups (broad SMARTS) is 1. The van der Waals surface area contributed by atoms with Gasteiger partial charge in [0.2, 0.25) is 0 Å². The molecule has 0 saturated carbocycles. The first-order valence-corrected chi connectivity index (χ1v) is 10.9. The number of aliphatic hydroxyl groups is 1. The quantitative estimate of drug-likeness (QED) is 0.384. The van der Waals surface area contributed by atoms with Crippen LogP contribution >= 0.6 is 0 Å². The van der Waals surface area contributed by atoms with Crippen molar-refractivity contribution in [2.75, 3.05) is 19.8 Å². The lowest BCUT2D eigenvalue weighted by Crippen LogP contribution is -2.10. The largest absolute Gasteiger partial charge is 0.491 e. The molecule has 0 radical (unpaired) electrons. The molecule has 3 rings (SSSR count). The SMILES string of the molecule is O=C(O)CCc1ccccc1OCCOCCc1cccc([C@@H](O)Cc2ccccc2)c1. The summed E-state index contributed by atoms with van der Waals surface area (Å²) in [4.78, 5) is 10.8. The van der Waals surface area contributed by atoms with Gasteiger partial charge in [-0.1, -0.05) is 72.8 Å². The molecule has 0 unspecified atom stereocenters. The van der Waals surface area contributed by atoms with Crippen molar-refractivity contribution in [3.8, 4) is 5.75 Å². The molecule has 3 aromatic carbocycles. The van der Waals surface area contributed by atoms with E-state index >= 15 is 0 Å². The monoisotopic (exact) mass is 434 g/mol. The van der Waals surface area contributed by atoms with E-state index < -0.39 is 12.1 Å². The summed E-state index contributed by atoms with van der Waals surface area (Å²) in [7, 11) is 0. The first-order chi connectivity index (χ1) is 15.6. The van der Waals surface area contributed by atoms with Gasteiger partial charge in [-0.05, 0) is 41.2 Å². The number of ether oxygens (including phenoxy) is 2. The number of carbonyl (C=O) groups is 1. The molecule has 0 saturated heterocycles. The zero-order chi connectivity index (χ0) is 22.6. The van der Waals surface area contributed by atoms with E-state index in [9.17, 15) is 9.90 Å². The molecular formula is C27H30O5. The third-order valence-electron chi connectivity index (χ3n) is 5.21. The number of benzene rings is 3. The second kappa shape index (κ2) is 12.6. The van der Waals surface area contributed by atoms with Gasteiger partial charge in [-0.2, -0.15) is 0 Å². The molecule has 0 aliphatic carbocycles. The molecule has 0 aliphatic heterocycles. The van der Waals surface area contributed by atoms with Gasteiger partial charge in [-0.3, -0.25) is 4.79 Å². The molecule has 0 bridgehead atoms. The molecule has 0 aliphatic rings. The third kappa shape index (κ3) is 7.84. The molecule has 0 fully saturated rings. The van der Waals surface area contributed by atoms with Crippen molar-refractivity contribution in [2.45, 2.75) is 31.8 Å². The number of aliphatic carboxylic acids is 1. The van der Waals surface area contributed by atoms with Gasteiger partial charge < -0.3 is 19.7 Å². The number of hydrogen-bond acceptors (Lipinski definition) is 4. The van der Waals surface area contributed by atoms with E-state index in [0.29, 0.717) is 38.4 Å². The molecule has 2 N–H and O–H groups in total. The first-order valence-electron chi connectivity index (χ1n) is 10.9. The molecule has 32 heavy (non-hydrogen) atoms. The number of rotatable bonds is 13. The van der Waals surface area contributed by atoms with Crippen LogP contribution < -0.4 is 4.74 Å². The molecule has 3 aromatic rings. The number of hydrogen-bond donors (Lipinski definition) is 2. The second-order valence-electron chi connectivity index (χ2n) is 7.66. The maximum absolute atomic E-state index is 10.8. The Morgan fingerprint density at radius 3 is 2.38 bits per heavy atom. The summed E-state index contributed by atoms with van der Waals surface area (Å²) < 4.78 is 11.5. The van der Waals surface area contributed by atoms with Crippen LogP contribution in [0.4, 0.5) is 0 Å². The van der Waals surface area contributed by atoms with Crippen molar-refractivity contribution in [3.63, 3.8) is 0 Å². The van der Waals surface area contributed by atoms with Gasteiger partial charge in [0.05, 0.1) is 19.3 Å². The summed E-state index contributed by atoms with van der Waals surface area (Å²) in [6, 6.07) is 25.5. The summed E-state index contributed by atoms with van der Waals surface area (Å²) in [5.41, 5.74) is 4.03. The van der Waals surface area contributed by atoms with E-state index in [-0.39, 0.29) is 6.42 Å². The summed E-state index contributed by atoms with van der Waals surface area (Å²) in [5.74, 6) is -0.114. The van der Waals surface area contributed by atoms with E-state index in [1.807, 2.05) is 78.9 Å². The van der Waals surface area contributed by atoms with Crippen LogP contribution in [0.25, 0.3) is 0 Å². The predicted octanol–water partition coefficient (Wildman–Crippen LogP) is 4.62. The van der Waals surface area contributed by atoms with Gasteiger partial charge in [0.1, 0.15) is 12.4 Å². The van der Waals surface area contributed by atoms with Crippen LogP contribution in [0.3, 0.4) is 0 Å². The maximum Gasteiger partial charge on any atom is 0.303 e. The Labute approximate surface area is 189 Å². The van der Waals surface area contributed by atoms with E-state index in [0.717, 1.165) is 28.7 Å². The van der Waals surface area contributed by atoms with Crippen molar-refractivity contribution >= 4 is 5.97 Å². The van der Waals surface area contributed by atoms with Crippen LogP contribution in [0.2, 0.25) is 0 Å². The van der Waals surface area contributed by atoms with Gasteiger partial charge in [-0.25, -0.2) is 0 Å². The van der Waals surface area contributed by atoms with Crippen LogP contribution in [0.1, 0.15) is 34.8 Å². The standard InChI is InChI=1S/C27H30O5/c28-25(20-21-7-2-1-3-8-21)24-11-6-9-22(19-24)15-16-31-17-18-32-26-12-5-4-10-23(26)13-14-27(29)30/h1-12,19,25,28H,13-18,20H2,(H,29,30)/t25-/m0/s1. The van der Waals surface area contributed by atoms with E-state index in [1.165, 1.54) is 0 Å². The zero-order valence-corrected chi connectivity index (χ0v) is 18.2. The molecule has 5 heteroatoms. The highest BCUT2D eigenvalue weighted by Gasteiger charge is 2.09. The fraction of sp³-hybridized carbons (Fsp3) is 0.296. The van der Waals surface area contributed by atoms with Crippen molar-refractivity contribution in [1.82, 2.24) is 0 Å². The van der Waals surface area contributed by atoms with E-state index in [2.05, 4.69) is 0 Å². The van der Waals surface area contributed by atoms with Crippen LogP contribution in [-0.2, 0) is 28.8 Å². The highest BCUT2D eigenvalue weighted by molar-refractivity contribution is 5.67. The van der Waals surface area contributed by atoms with Crippen LogP contribution in [0.15, 0.2) is 78.9 Å². The van der Waals surface area contributed by atoms with E-state index in [1.54, 1.807) is 0 Å². The average Bonchev–Trinajstić information content (AvgIpc) is 2.81. The van der Waals surface area contributed by atoms with Crippen LogP contribution in [0, 0.1) is 0 Å². The Kier molecular flexibility index (Phi) is 9.29. The number of aryl methyl sites for hydroxylation is 1. The van der Waals surface area contributed by atoms with Gasteiger partial charge in [0.15, 0.2) is 0 Å². The van der Waals surface area contributed by atoms with Crippen molar-refractivity contribution < 1.29 is 24.5 Å². The van der Waals surface area contributed by atoms with Crippen molar-refractivity contribution in [3.05, 3.63) is 101 Å². The van der Waals surface area contributed by atoms with Crippen molar-refractivity contribution in [1.29, 1.82) is 0 Å². The number of aliphatic hydroxyl groups excluding tert-OH is 1. The van der Waals surface area contributed by atoms with Crippen LogP contribution in [-0.4, -0.2) is 36.0 Å². The molecule has 0 amide bonds. The summed E-state index contributed by atoms with van der Waals surface area (Å²) in [6.45, 7) is 1.41. The predicted molar refractivity (Wildman–Crippen MR) is 124 cm³/mol. The summed E-state index contributed by atoms with van der Waals surface area (Å²) in [6.07, 6.45) is 1.33. The molecule has 5 nitrogen and oxygen atoms in total. The average molecular weight is 435 g/mol. The number of para-hydroxylation sites is 1. The molecule has 0 aromatic heterocycles. The molecule has 168 valence electrons. The zero-order valence-electron chi connectivity index (χ0n) is 18.2. The van der Waals surface area contributed by atoms with E-state index in [4.69, 9.17) is 14.6 Å². The maximum atomic E-state index is 10.8. The third-order valence-corrected chi connectivity index (χ3v) is 5.21. The molecule has 1 atom stereocenters. The lowest BCUT2D eigenvalue weighted by atomic mass is 9.99. The highest BCUT2D eigenvalue weighted by Crippen LogP contribution is 2.21. The Hall–Kier alpha value is -3.15. The molecule has 0 spiro atoms. The summed E-state index contributed by atoms with van der Waals surface area (Å²) in [5, 5.41) is 19.4. The smallest absolute Gasteiger partial charge is 0.303 e.